The Morgan fingerprint density at radius 2 is 1.92 bits per heavy atom. The second-order valence-electron chi connectivity index (χ2n) is 4.71. The van der Waals surface area contributed by atoms with Crippen molar-refractivity contribution in [2.24, 2.45) is 11.8 Å². The summed E-state index contributed by atoms with van der Waals surface area (Å²) in [6.45, 7) is 8.20. The molecule has 1 nitrogen and oxygen atoms in total. The smallest absolute Gasteiger partial charge is 0.00619 e. The Morgan fingerprint density at radius 1 is 1.23 bits per heavy atom. The Hall–Kier alpha value is -0.0400. The molecule has 1 fully saturated rings. The molecule has 0 amide bonds. The van der Waals surface area contributed by atoms with Crippen LogP contribution in [0.15, 0.2) is 0 Å². The molecule has 1 saturated carbocycles. The van der Waals surface area contributed by atoms with Crippen LogP contribution < -0.4 is 5.32 Å². The summed E-state index contributed by atoms with van der Waals surface area (Å²) < 4.78 is 0. The second kappa shape index (κ2) is 5.64. The summed E-state index contributed by atoms with van der Waals surface area (Å²) in [5, 5.41) is 3.68. The van der Waals surface area contributed by atoms with Crippen molar-refractivity contribution in [3.63, 3.8) is 0 Å². The average molecular weight is 183 g/mol. The molecular weight excluding hydrogens is 158 g/mol. The molecule has 1 aliphatic carbocycles. The van der Waals surface area contributed by atoms with Crippen LogP contribution in [0.5, 0.6) is 0 Å². The highest BCUT2D eigenvalue weighted by atomic mass is 14.9. The largest absolute Gasteiger partial charge is 0.314 e. The monoisotopic (exact) mass is 183 g/mol. The maximum absolute atomic E-state index is 3.68. The summed E-state index contributed by atoms with van der Waals surface area (Å²) >= 11 is 0. The lowest BCUT2D eigenvalue weighted by Crippen LogP contribution is -2.31. The number of nitrogens with one attached hydrogen (secondary N) is 1. The van der Waals surface area contributed by atoms with Crippen molar-refractivity contribution < 1.29 is 0 Å². The van der Waals surface area contributed by atoms with Gasteiger partial charge >= 0.3 is 0 Å². The zero-order valence-electron chi connectivity index (χ0n) is 9.47. The molecule has 0 spiro atoms. The topological polar surface area (TPSA) is 12.0 Å². The second-order valence-corrected chi connectivity index (χ2v) is 4.71. The minimum absolute atomic E-state index is 0.760. The third-order valence-corrected chi connectivity index (χ3v) is 3.48. The molecule has 0 radical (unpaired) electrons. The van der Waals surface area contributed by atoms with E-state index in [1.54, 1.807) is 0 Å². The summed E-state index contributed by atoms with van der Waals surface area (Å²) in [4.78, 5) is 0. The first-order valence-corrected chi connectivity index (χ1v) is 5.99. The highest BCUT2D eigenvalue weighted by Gasteiger charge is 2.21. The van der Waals surface area contributed by atoms with Crippen LogP contribution in [0.25, 0.3) is 0 Å². The van der Waals surface area contributed by atoms with E-state index in [4.69, 9.17) is 0 Å². The van der Waals surface area contributed by atoms with Crippen molar-refractivity contribution in [1.82, 2.24) is 5.32 Å². The minimum Gasteiger partial charge on any atom is -0.314 e. The van der Waals surface area contributed by atoms with Crippen LogP contribution in [-0.2, 0) is 0 Å². The average Bonchev–Trinajstić information content (AvgIpc) is 2.53. The van der Waals surface area contributed by atoms with Gasteiger partial charge in [-0.25, -0.2) is 0 Å². The minimum atomic E-state index is 0.760. The fraction of sp³-hybridized carbons (Fsp3) is 1.00. The first kappa shape index (κ1) is 11.0. The number of rotatable bonds is 5. The quantitative estimate of drug-likeness (QED) is 0.690. The van der Waals surface area contributed by atoms with Crippen LogP contribution in [0.4, 0.5) is 0 Å². The highest BCUT2D eigenvalue weighted by molar-refractivity contribution is 4.76. The molecule has 0 bridgehead atoms. The van der Waals surface area contributed by atoms with Crippen molar-refractivity contribution in [2.45, 2.75) is 58.9 Å². The van der Waals surface area contributed by atoms with E-state index in [0.717, 1.165) is 17.9 Å². The molecule has 0 aromatic carbocycles. The number of hydrogen-bond acceptors (Lipinski definition) is 1. The normalized spacial score (nSPS) is 28.6. The number of hydrogen-bond donors (Lipinski definition) is 1. The van der Waals surface area contributed by atoms with Crippen LogP contribution in [0.3, 0.4) is 0 Å². The zero-order valence-corrected chi connectivity index (χ0v) is 9.47. The van der Waals surface area contributed by atoms with Crippen molar-refractivity contribution in [3.8, 4) is 0 Å². The fourth-order valence-corrected chi connectivity index (χ4v) is 2.42. The Balaban J connectivity index is 2.11. The molecule has 13 heavy (non-hydrogen) atoms. The van der Waals surface area contributed by atoms with Crippen molar-refractivity contribution in [1.29, 1.82) is 0 Å². The van der Waals surface area contributed by atoms with Crippen LogP contribution in [0, 0.1) is 11.8 Å². The van der Waals surface area contributed by atoms with Gasteiger partial charge < -0.3 is 5.32 Å². The third kappa shape index (κ3) is 3.68. The first-order valence-electron chi connectivity index (χ1n) is 5.99. The van der Waals surface area contributed by atoms with Gasteiger partial charge in [-0.3, -0.25) is 0 Å². The standard InChI is InChI=1S/C12H25N/c1-4-12(5-2)13-9-11-7-6-10(3)8-11/h10-13H,4-9H2,1-3H3. The Morgan fingerprint density at radius 3 is 2.38 bits per heavy atom. The molecular formula is C12H25N. The summed E-state index contributed by atoms with van der Waals surface area (Å²) in [6, 6.07) is 0.760. The molecule has 0 saturated heterocycles. The van der Waals surface area contributed by atoms with E-state index in [1.807, 2.05) is 0 Å². The molecule has 1 aliphatic rings. The van der Waals surface area contributed by atoms with Crippen LogP contribution in [0.2, 0.25) is 0 Å². The molecule has 2 unspecified atom stereocenters. The Kier molecular flexibility index (Phi) is 4.79. The summed E-state index contributed by atoms with van der Waals surface area (Å²) in [5.41, 5.74) is 0. The van der Waals surface area contributed by atoms with Gasteiger partial charge in [0.05, 0.1) is 0 Å². The van der Waals surface area contributed by atoms with Crippen LogP contribution in [0.1, 0.15) is 52.9 Å². The lowest BCUT2D eigenvalue weighted by Gasteiger charge is -2.17. The lowest BCUT2D eigenvalue weighted by atomic mass is 10.1. The molecule has 0 aromatic heterocycles. The third-order valence-electron chi connectivity index (χ3n) is 3.48. The van der Waals surface area contributed by atoms with Crippen LogP contribution >= 0.6 is 0 Å². The maximum Gasteiger partial charge on any atom is 0.00619 e. The van der Waals surface area contributed by atoms with E-state index in [9.17, 15) is 0 Å². The molecule has 0 aliphatic heterocycles. The van der Waals surface area contributed by atoms with Gasteiger partial charge in [-0.1, -0.05) is 27.2 Å². The van der Waals surface area contributed by atoms with Gasteiger partial charge in [-0.2, -0.15) is 0 Å². The Bertz CT molecular complexity index is 129. The predicted molar refractivity (Wildman–Crippen MR) is 58.9 cm³/mol. The molecule has 0 aromatic rings. The van der Waals surface area contributed by atoms with Crippen LogP contribution in [-0.4, -0.2) is 12.6 Å². The van der Waals surface area contributed by atoms with Gasteiger partial charge in [0.2, 0.25) is 0 Å². The summed E-state index contributed by atoms with van der Waals surface area (Å²) in [7, 11) is 0. The molecule has 2 atom stereocenters. The summed E-state index contributed by atoms with van der Waals surface area (Å²) in [6.07, 6.45) is 6.91. The summed E-state index contributed by atoms with van der Waals surface area (Å²) in [5.74, 6) is 1.95. The molecule has 1 rings (SSSR count). The Labute approximate surface area is 83.3 Å². The fourth-order valence-electron chi connectivity index (χ4n) is 2.42. The van der Waals surface area contributed by atoms with Crippen molar-refractivity contribution in [3.05, 3.63) is 0 Å². The van der Waals surface area contributed by atoms with E-state index < -0.39 is 0 Å². The van der Waals surface area contributed by atoms with E-state index in [1.165, 1.54) is 38.6 Å². The van der Waals surface area contributed by atoms with Crippen molar-refractivity contribution in [2.75, 3.05) is 6.54 Å². The highest BCUT2D eigenvalue weighted by Crippen LogP contribution is 2.29. The van der Waals surface area contributed by atoms with Gasteiger partial charge in [0.1, 0.15) is 0 Å². The molecule has 1 heteroatoms. The zero-order chi connectivity index (χ0) is 9.68. The van der Waals surface area contributed by atoms with Gasteiger partial charge in [0.15, 0.2) is 0 Å². The van der Waals surface area contributed by atoms with Gasteiger partial charge in [-0.15, -0.1) is 0 Å². The molecule has 1 N–H and O–H groups in total. The molecule has 0 heterocycles. The van der Waals surface area contributed by atoms with Gasteiger partial charge in [0.25, 0.3) is 0 Å². The SMILES string of the molecule is CCC(CC)NCC1CCC(C)C1. The first-order chi connectivity index (χ1) is 6.26. The van der Waals surface area contributed by atoms with Gasteiger partial charge in [0, 0.05) is 6.04 Å². The van der Waals surface area contributed by atoms with E-state index in [-0.39, 0.29) is 0 Å². The molecule has 78 valence electrons. The van der Waals surface area contributed by atoms with E-state index in [2.05, 4.69) is 26.1 Å². The van der Waals surface area contributed by atoms with E-state index in [0.29, 0.717) is 0 Å². The lowest BCUT2D eigenvalue weighted by molar-refractivity contribution is 0.408. The predicted octanol–water partition coefficient (Wildman–Crippen LogP) is 3.20. The maximum atomic E-state index is 3.68. The van der Waals surface area contributed by atoms with Crippen molar-refractivity contribution >= 4 is 0 Å². The van der Waals surface area contributed by atoms with Gasteiger partial charge in [-0.05, 0) is 44.1 Å². The van der Waals surface area contributed by atoms with E-state index >= 15 is 0 Å².